The molecule has 18 atom stereocenters. The van der Waals surface area contributed by atoms with Gasteiger partial charge in [0.1, 0.15) is 35.8 Å². The number of cyclic esters (lactones) is 1. The molecule has 71 heavy (non-hydrogen) atoms. The van der Waals surface area contributed by atoms with Gasteiger partial charge in [0.2, 0.25) is 5.88 Å². The minimum atomic E-state index is -1.91. The summed E-state index contributed by atoms with van der Waals surface area (Å²) in [5, 5.41) is 66.9. The predicted molar refractivity (Wildman–Crippen MR) is 273 cm³/mol. The summed E-state index contributed by atoms with van der Waals surface area (Å²) in [6, 6.07) is 12.0. The molecule has 0 saturated carbocycles. The molecular formula is C52H85N5O13S. The maximum atomic E-state index is 14.6. The zero-order chi connectivity index (χ0) is 52.6. The van der Waals surface area contributed by atoms with E-state index in [0.29, 0.717) is 54.9 Å². The van der Waals surface area contributed by atoms with Crippen molar-refractivity contribution in [1.29, 1.82) is 0 Å². The highest BCUT2D eigenvalue weighted by Gasteiger charge is 2.53. The number of para-hydroxylation sites is 1. The first-order valence-corrected chi connectivity index (χ1v) is 25.7. The number of nitrogens with zero attached hydrogens (tertiary/aromatic N) is 3. The van der Waals surface area contributed by atoms with Crippen molar-refractivity contribution in [3.63, 3.8) is 0 Å². The summed E-state index contributed by atoms with van der Waals surface area (Å²) in [4.78, 5) is 23.0. The highest BCUT2D eigenvalue weighted by atomic mass is 32.1. The van der Waals surface area contributed by atoms with E-state index in [9.17, 15) is 30.3 Å². The molecule has 3 aliphatic heterocycles. The Balaban J connectivity index is 1.43. The second kappa shape index (κ2) is 25.4. The van der Waals surface area contributed by atoms with Gasteiger partial charge in [0.25, 0.3) is 0 Å². The Morgan fingerprint density at radius 2 is 1.65 bits per heavy atom. The van der Waals surface area contributed by atoms with Gasteiger partial charge in [0, 0.05) is 57.2 Å². The number of pyridine rings is 1. The molecule has 0 unspecified atom stereocenters. The summed E-state index contributed by atoms with van der Waals surface area (Å²) in [5.74, 6) is -1.72. The van der Waals surface area contributed by atoms with Crippen molar-refractivity contribution in [2.75, 3.05) is 46.2 Å². The number of anilines is 1. The van der Waals surface area contributed by atoms with Crippen molar-refractivity contribution >= 4 is 29.0 Å². The molecule has 2 aromatic rings. The topological polar surface area (TPSA) is 226 Å². The lowest BCUT2D eigenvalue weighted by molar-refractivity contribution is -0.318. The zero-order valence-electron chi connectivity index (χ0n) is 44.2. The molecule has 3 aliphatic rings. The minimum absolute atomic E-state index is 0.103. The number of ether oxygens (including phenoxy) is 7. The lowest BCUT2D eigenvalue weighted by atomic mass is 9.77. The SMILES string of the molecule is CC[C@H]1OC(=O)[C@H](C)[C@@H](O[C@H]2C[C@@](C)(OC)[C@@H](O)[C@H](C)O2)[C@H](C)[C@@H](O[C@@H]2O[C@H](C)C[C@H](N(C)C)[C@H]2O)[C@](C)(O)C[C@@H](C)CN(CCCNC(=S)Nc2ccc(Oc3ccccc3)nc2)[C@H](C)[C@@H](O)[C@]1(C)O. The van der Waals surface area contributed by atoms with Gasteiger partial charge in [-0.05, 0) is 125 Å². The number of thiocarbonyl (C=S) groups is 1. The summed E-state index contributed by atoms with van der Waals surface area (Å²) in [7, 11) is 5.27. The molecule has 5 rings (SSSR count). The van der Waals surface area contributed by atoms with Gasteiger partial charge >= 0.3 is 5.97 Å². The Hall–Kier alpha value is -3.15. The third-order valence-corrected chi connectivity index (χ3v) is 15.1. The Kier molecular flexibility index (Phi) is 21.0. The number of carbonyl (C=O) groups excluding carboxylic acids is 1. The van der Waals surface area contributed by atoms with E-state index in [1.165, 1.54) is 14.0 Å². The number of hydrogen-bond donors (Lipinski definition) is 7. The van der Waals surface area contributed by atoms with Crippen molar-refractivity contribution in [2.24, 2.45) is 17.8 Å². The third kappa shape index (κ3) is 15.0. The highest BCUT2D eigenvalue weighted by molar-refractivity contribution is 7.80. The number of methoxy groups -OCH3 is 1. The molecule has 3 fully saturated rings. The average Bonchev–Trinajstić information content (AvgIpc) is 3.31. The number of esters is 1. The van der Waals surface area contributed by atoms with E-state index in [4.69, 9.17) is 45.4 Å². The summed E-state index contributed by atoms with van der Waals surface area (Å²) >= 11 is 5.62. The lowest BCUT2D eigenvalue weighted by Crippen LogP contribution is -2.60. The number of rotatable bonds is 14. The van der Waals surface area contributed by atoms with Crippen LogP contribution in [0.15, 0.2) is 48.7 Å². The van der Waals surface area contributed by atoms with Crippen molar-refractivity contribution in [1.82, 2.24) is 20.1 Å². The van der Waals surface area contributed by atoms with Crippen LogP contribution in [-0.2, 0) is 33.2 Å². The minimum Gasteiger partial charge on any atom is -0.459 e. The van der Waals surface area contributed by atoms with Crippen molar-refractivity contribution < 1.29 is 63.5 Å². The van der Waals surface area contributed by atoms with E-state index >= 15 is 0 Å². The Morgan fingerprint density at radius 3 is 2.27 bits per heavy atom. The molecule has 0 radical (unpaired) electrons. The summed E-state index contributed by atoms with van der Waals surface area (Å²) in [6.45, 7) is 18.9. The lowest BCUT2D eigenvalue weighted by Gasteiger charge is -2.48. The molecule has 1 aromatic heterocycles. The fraction of sp³-hybridized carbons (Fsp3) is 0.750. The fourth-order valence-corrected chi connectivity index (χ4v) is 10.9. The molecule has 3 saturated heterocycles. The number of hydrogen-bond acceptors (Lipinski definition) is 17. The van der Waals surface area contributed by atoms with Gasteiger partial charge in [-0.15, -0.1) is 0 Å². The molecule has 1 aromatic carbocycles. The van der Waals surface area contributed by atoms with Gasteiger partial charge in [0.05, 0.1) is 53.4 Å². The van der Waals surface area contributed by atoms with Crippen LogP contribution in [0.2, 0.25) is 0 Å². The van der Waals surface area contributed by atoms with Crippen molar-refractivity contribution in [3.05, 3.63) is 48.7 Å². The number of carbonyl (C=O) groups is 1. The van der Waals surface area contributed by atoms with Gasteiger partial charge < -0.3 is 74.2 Å². The fourth-order valence-electron chi connectivity index (χ4n) is 10.7. The van der Waals surface area contributed by atoms with E-state index < -0.39 is 96.0 Å². The summed E-state index contributed by atoms with van der Waals surface area (Å²) in [5.41, 5.74) is -3.94. The van der Waals surface area contributed by atoms with Gasteiger partial charge in [-0.2, -0.15) is 0 Å². The number of benzene rings is 1. The first-order chi connectivity index (χ1) is 33.3. The first kappa shape index (κ1) is 58.7. The molecule has 7 N–H and O–H groups in total. The maximum absolute atomic E-state index is 14.6. The van der Waals surface area contributed by atoms with Crippen molar-refractivity contribution in [2.45, 2.75) is 192 Å². The first-order valence-electron chi connectivity index (χ1n) is 25.3. The van der Waals surface area contributed by atoms with E-state index in [1.807, 2.05) is 83.1 Å². The second-order valence-corrected chi connectivity index (χ2v) is 21.7. The molecular weight excluding hydrogens is 935 g/mol. The Morgan fingerprint density at radius 1 is 0.958 bits per heavy atom. The molecule has 18 nitrogen and oxygen atoms in total. The molecule has 0 amide bonds. The quantitative estimate of drug-likeness (QED) is 0.0764. The van der Waals surface area contributed by atoms with Crippen LogP contribution in [-0.4, -0.2) is 183 Å². The van der Waals surface area contributed by atoms with Gasteiger partial charge in [-0.25, -0.2) is 4.98 Å². The van der Waals surface area contributed by atoms with E-state index in [1.54, 1.807) is 46.9 Å². The van der Waals surface area contributed by atoms with Gasteiger partial charge in [-0.3, -0.25) is 9.69 Å². The molecule has 402 valence electrons. The van der Waals surface area contributed by atoms with E-state index in [-0.39, 0.29) is 37.3 Å². The smallest absolute Gasteiger partial charge is 0.311 e. The number of nitrogens with one attached hydrogen (secondary N) is 2. The number of aromatic nitrogens is 1. The van der Waals surface area contributed by atoms with Crippen molar-refractivity contribution in [3.8, 4) is 11.6 Å². The van der Waals surface area contributed by atoms with E-state index in [2.05, 4.69) is 20.5 Å². The maximum Gasteiger partial charge on any atom is 0.311 e. The zero-order valence-corrected chi connectivity index (χ0v) is 45.0. The average molecular weight is 1020 g/mol. The molecule has 0 bridgehead atoms. The summed E-state index contributed by atoms with van der Waals surface area (Å²) in [6.07, 6.45) is -6.74. The van der Waals surface area contributed by atoms with Crippen LogP contribution in [0, 0.1) is 17.8 Å². The number of aliphatic hydroxyl groups is 5. The Bertz CT molecular complexity index is 1970. The van der Waals surface area contributed by atoms with Crippen LogP contribution in [0.5, 0.6) is 11.6 Å². The Labute approximate surface area is 427 Å². The van der Waals surface area contributed by atoms with Gasteiger partial charge in [-0.1, -0.05) is 39.0 Å². The summed E-state index contributed by atoms with van der Waals surface area (Å²) < 4.78 is 44.0. The van der Waals surface area contributed by atoms with Crippen LogP contribution < -0.4 is 15.4 Å². The monoisotopic (exact) mass is 1020 g/mol. The molecule has 4 heterocycles. The highest BCUT2D eigenvalue weighted by Crippen LogP contribution is 2.40. The molecule has 19 heteroatoms. The number of aliphatic hydroxyl groups excluding tert-OH is 3. The molecule has 0 aliphatic carbocycles. The van der Waals surface area contributed by atoms with Crippen LogP contribution in [0.1, 0.15) is 101 Å². The predicted octanol–water partition coefficient (Wildman–Crippen LogP) is 4.83. The largest absolute Gasteiger partial charge is 0.459 e. The van der Waals surface area contributed by atoms with Gasteiger partial charge in [0.15, 0.2) is 17.7 Å². The molecule has 0 spiro atoms. The van der Waals surface area contributed by atoms with E-state index in [0.717, 1.165) is 0 Å². The van der Waals surface area contributed by atoms with Crippen LogP contribution in [0.25, 0.3) is 0 Å². The normalized spacial score (nSPS) is 39.2. The third-order valence-electron chi connectivity index (χ3n) is 14.9. The standard InChI is InChI=1S/C52H85N5O13S/c1-14-39-52(10,63)44(59)34(6)57(24-18-23-53-49(71)55-36-21-22-40(54-28-36)67-37-19-16-15-17-20-37)29-30(2)26-50(8,62)46(70-48-42(58)38(56(11)12)25-31(3)65-48)32(4)43(33(5)47(61)68-39)69-41-27-51(9,64-13)45(60)35(7)66-41/h15-17,19-22,28,30-35,38-39,41-46,48,58-60,62-63H,14,18,23-27,29H2,1-13H3,(H2,53,55,71)/t30-,31-,32+,33-,34-,35+,38+,39-,41+,42-,43+,44-,45+,46-,48+,50-,51-,52-/m1/s1. The van der Waals surface area contributed by atoms with Crippen LogP contribution >= 0.6 is 12.2 Å². The second-order valence-electron chi connectivity index (χ2n) is 21.3. The van der Waals surface area contributed by atoms with Crippen LogP contribution in [0.3, 0.4) is 0 Å². The number of likely N-dealkylation sites (N-methyl/N-ethyl adjacent to an activating group) is 1. The van der Waals surface area contributed by atoms with Crippen LogP contribution in [0.4, 0.5) is 5.69 Å².